The van der Waals surface area contributed by atoms with Crippen LogP contribution in [0, 0.1) is 0 Å². The number of hydrogen-bond donors (Lipinski definition) is 3. The summed E-state index contributed by atoms with van der Waals surface area (Å²) in [6.45, 7) is 2.05. The van der Waals surface area contributed by atoms with Gasteiger partial charge >= 0.3 is 0 Å². The zero-order chi connectivity index (χ0) is 13.8. The molecule has 1 aliphatic rings. The maximum absolute atomic E-state index is 11.5. The Morgan fingerprint density at radius 2 is 2.32 bits per heavy atom. The van der Waals surface area contributed by atoms with Crippen LogP contribution in [0.3, 0.4) is 0 Å². The Morgan fingerprint density at radius 1 is 1.53 bits per heavy atom. The standard InChI is InChI=1S/C14H22N4O/c1-16-14(19)10-5-6-13(12(15)8-10)17-9-11-4-3-7-18(11)2/h5-6,8,11,17H,3-4,7,9,15H2,1-2H3,(H,16,19). The first-order valence-corrected chi connectivity index (χ1v) is 6.67. The highest BCUT2D eigenvalue weighted by molar-refractivity contribution is 5.95. The molecular formula is C14H22N4O. The van der Waals surface area contributed by atoms with E-state index in [1.54, 1.807) is 19.2 Å². The van der Waals surface area contributed by atoms with E-state index < -0.39 is 0 Å². The van der Waals surface area contributed by atoms with E-state index in [1.807, 2.05) is 6.07 Å². The largest absolute Gasteiger partial charge is 0.397 e. The van der Waals surface area contributed by atoms with Crippen LogP contribution in [-0.4, -0.2) is 44.0 Å². The molecule has 1 aliphatic heterocycles. The topological polar surface area (TPSA) is 70.4 Å². The van der Waals surface area contributed by atoms with Crippen LogP contribution < -0.4 is 16.4 Å². The Labute approximate surface area is 114 Å². The quantitative estimate of drug-likeness (QED) is 0.712. The monoisotopic (exact) mass is 262 g/mol. The Bertz CT molecular complexity index is 461. The van der Waals surface area contributed by atoms with E-state index in [4.69, 9.17) is 5.73 Å². The molecule has 1 amide bonds. The first-order valence-electron chi connectivity index (χ1n) is 6.67. The minimum absolute atomic E-state index is 0.117. The molecule has 0 spiro atoms. The highest BCUT2D eigenvalue weighted by Crippen LogP contribution is 2.21. The van der Waals surface area contributed by atoms with Gasteiger partial charge in [0.2, 0.25) is 0 Å². The number of amides is 1. The second-order valence-corrected chi connectivity index (χ2v) is 5.04. The number of anilines is 2. The lowest BCUT2D eigenvalue weighted by atomic mass is 10.1. The predicted octanol–water partition coefficient (Wildman–Crippen LogP) is 1.13. The molecule has 19 heavy (non-hydrogen) atoms. The molecule has 0 saturated carbocycles. The first kappa shape index (κ1) is 13.7. The number of nitrogens with zero attached hydrogens (tertiary/aromatic N) is 1. The third-order valence-corrected chi connectivity index (χ3v) is 3.74. The van der Waals surface area contributed by atoms with E-state index >= 15 is 0 Å². The Kier molecular flexibility index (Phi) is 4.27. The molecule has 1 saturated heterocycles. The van der Waals surface area contributed by atoms with E-state index in [-0.39, 0.29) is 5.91 Å². The normalized spacial score (nSPS) is 19.4. The Balaban J connectivity index is 1.99. The number of benzene rings is 1. The summed E-state index contributed by atoms with van der Waals surface area (Å²) in [4.78, 5) is 13.9. The molecule has 1 heterocycles. The van der Waals surface area contributed by atoms with Crippen LogP contribution in [0.1, 0.15) is 23.2 Å². The fourth-order valence-corrected chi connectivity index (χ4v) is 2.47. The second-order valence-electron chi connectivity index (χ2n) is 5.04. The van der Waals surface area contributed by atoms with E-state index in [0.29, 0.717) is 17.3 Å². The van der Waals surface area contributed by atoms with Crippen LogP contribution in [0.15, 0.2) is 18.2 Å². The summed E-state index contributed by atoms with van der Waals surface area (Å²) < 4.78 is 0. The van der Waals surface area contributed by atoms with E-state index in [2.05, 4.69) is 22.6 Å². The van der Waals surface area contributed by atoms with Crippen LogP contribution in [0.4, 0.5) is 11.4 Å². The predicted molar refractivity (Wildman–Crippen MR) is 78.4 cm³/mol. The van der Waals surface area contributed by atoms with Gasteiger partial charge in [-0.15, -0.1) is 0 Å². The van der Waals surface area contributed by atoms with E-state index in [1.165, 1.54) is 12.8 Å². The smallest absolute Gasteiger partial charge is 0.251 e. The molecular weight excluding hydrogens is 240 g/mol. The minimum Gasteiger partial charge on any atom is -0.397 e. The number of nitrogens with one attached hydrogen (secondary N) is 2. The molecule has 1 fully saturated rings. The lowest BCUT2D eigenvalue weighted by Crippen LogP contribution is -2.31. The van der Waals surface area contributed by atoms with Gasteiger partial charge in [0.05, 0.1) is 11.4 Å². The number of carbonyl (C=O) groups excluding carboxylic acids is 1. The van der Waals surface area contributed by atoms with Crippen molar-refractivity contribution in [3.63, 3.8) is 0 Å². The molecule has 1 unspecified atom stereocenters. The molecule has 1 atom stereocenters. The lowest BCUT2D eigenvalue weighted by molar-refractivity contribution is 0.0963. The van der Waals surface area contributed by atoms with Crippen molar-refractivity contribution in [2.45, 2.75) is 18.9 Å². The molecule has 0 bridgehead atoms. The second kappa shape index (κ2) is 5.93. The molecule has 0 aliphatic carbocycles. The van der Waals surface area contributed by atoms with Crippen molar-refractivity contribution in [1.29, 1.82) is 0 Å². The molecule has 2 rings (SSSR count). The summed E-state index contributed by atoms with van der Waals surface area (Å²) in [5.74, 6) is -0.117. The van der Waals surface area contributed by atoms with Gasteiger partial charge in [-0.05, 0) is 44.6 Å². The molecule has 0 aromatic heterocycles. The van der Waals surface area contributed by atoms with Crippen LogP contribution in [-0.2, 0) is 0 Å². The first-order chi connectivity index (χ1) is 9.11. The summed E-state index contributed by atoms with van der Waals surface area (Å²) in [7, 11) is 3.76. The van der Waals surface area contributed by atoms with Gasteiger partial charge in [0, 0.05) is 25.2 Å². The highest BCUT2D eigenvalue weighted by Gasteiger charge is 2.20. The molecule has 104 valence electrons. The Hall–Kier alpha value is -1.75. The fraction of sp³-hybridized carbons (Fsp3) is 0.500. The number of likely N-dealkylation sites (N-methyl/N-ethyl adjacent to an activating group) is 1. The van der Waals surface area contributed by atoms with Crippen molar-refractivity contribution in [3.8, 4) is 0 Å². The van der Waals surface area contributed by atoms with Crippen molar-refractivity contribution in [2.75, 3.05) is 38.2 Å². The van der Waals surface area contributed by atoms with Crippen molar-refractivity contribution in [1.82, 2.24) is 10.2 Å². The van der Waals surface area contributed by atoms with Gasteiger partial charge in [0.1, 0.15) is 0 Å². The third kappa shape index (κ3) is 3.17. The summed E-state index contributed by atoms with van der Waals surface area (Å²) in [5, 5.41) is 5.96. The minimum atomic E-state index is -0.117. The van der Waals surface area contributed by atoms with Gasteiger partial charge in [-0.25, -0.2) is 0 Å². The van der Waals surface area contributed by atoms with Gasteiger partial charge in [-0.1, -0.05) is 0 Å². The van der Waals surface area contributed by atoms with Crippen molar-refractivity contribution in [2.24, 2.45) is 0 Å². The summed E-state index contributed by atoms with van der Waals surface area (Å²) in [6, 6.07) is 5.93. The number of nitrogens with two attached hydrogens (primary N) is 1. The lowest BCUT2D eigenvalue weighted by Gasteiger charge is -2.21. The van der Waals surface area contributed by atoms with Crippen LogP contribution in [0.5, 0.6) is 0 Å². The third-order valence-electron chi connectivity index (χ3n) is 3.74. The SMILES string of the molecule is CNC(=O)c1ccc(NCC2CCCN2C)c(N)c1. The Morgan fingerprint density at radius 3 is 2.89 bits per heavy atom. The molecule has 5 nitrogen and oxygen atoms in total. The maximum atomic E-state index is 11.5. The summed E-state index contributed by atoms with van der Waals surface area (Å²) >= 11 is 0. The molecule has 0 radical (unpaired) electrons. The van der Waals surface area contributed by atoms with Gasteiger partial charge < -0.3 is 21.3 Å². The van der Waals surface area contributed by atoms with E-state index in [9.17, 15) is 4.79 Å². The van der Waals surface area contributed by atoms with Gasteiger partial charge in [0.25, 0.3) is 5.91 Å². The maximum Gasteiger partial charge on any atom is 0.251 e. The summed E-state index contributed by atoms with van der Waals surface area (Å²) in [6.07, 6.45) is 2.48. The zero-order valence-electron chi connectivity index (χ0n) is 11.6. The number of likely N-dealkylation sites (tertiary alicyclic amines) is 1. The van der Waals surface area contributed by atoms with Gasteiger partial charge in [-0.3, -0.25) is 4.79 Å². The van der Waals surface area contributed by atoms with Crippen molar-refractivity contribution in [3.05, 3.63) is 23.8 Å². The van der Waals surface area contributed by atoms with Crippen molar-refractivity contribution < 1.29 is 4.79 Å². The summed E-state index contributed by atoms with van der Waals surface area (Å²) in [5.41, 5.74) is 8.07. The van der Waals surface area contributed by atoms with Crippen LogP contribution in [0.2, 0.25) is 0 Å². The number of rotatable bonds is 4. The van der Waals surface area contributed by atoms with Crippen LogP contribution >= 0.6 is 0 Å². The van der Waals surface area contributed by atoms with Crippen LogP contribution in [0.25, 0.3) is 0 Å². The number of nitrogen functional groups attached to an aromatic ring is 1. The number of hydrogen-bond acceptors (Lipinski definition) is 4. The molecule has 5 heteroatoms. The average Bonchev–Trinajstić information content (AvgIpc) is 2.82. The van der Waals surface area contributed by atoms with Gasteiger partial charge in [0.15, 0.2) is 0 Å². The highest BCUT2D eigenvalue weighted by atomic mass is 16.1. The van der Waals surface area contributed by atoms with Crippen molar-refractivity contribution >= 4 is 17.3 Å². The van der Waals surface area contributed by atoms with E-state index in [0.717, 1.165) is 18.8 Å². The number of carbonyl (C=O) groups is 1. The molecule has 1 aromatic carbocycles. The molecule has 1 aromatic rings. The zero-order valence-corrected chi connectivity index (χ0v) is 11.6. The fourth-order valence-electron chi connectivity index (χ4n) is 2.47. The van der Waals surface area contributed by atoms with Gasteiger partial charge in [-0.2, -0.15) is 0 Å². The average molecular weight is 262 g/mol. The molecule has 4 N–H and O–H groups in total.